The number of hydrogen-bond acceptors (Lipinski definition) is 6. The number of nitrogens with one attached hydrogen (secondary N) is 1. The summed E-state index contributed by atoms with van der Waals surface area (Å²) < 4.78 is 8.32. The number of anilines is 2. The summed E-state index contributed by atoms with van der Waals surface area (Å²) in [5.41, 5.74) is 3.75. The average Bonchev–Trinajstić information content (AvgIpc) is 3.10. The van der Waals surface area contributed by atoms with Gasteiger partial charge in [0.15, 0.2) is 0 Å². The Morgan fingerprint density at radius 2 is 1.85 bits per heavy atom. The van der Waals surface area contributed by atoms with E-state index in [-0.39, 0.29) is 5.91 Å². The molecule has 2 aromatic carbocycles. The maximum absolute atomic E-state index is 12.5. The van der Waals surface area contributed by atoms with Crippen LogP contribution >= 0.6 is 23.3 Å². The highest BCUT2D eigenvalue weighted by Crippen LogP contribution is 2.30. The highest BCUT2D eigenvalue weighted by molar-refractivity contribution is 7.00. The van der Waals surface area contributed by atoms with E-state index in [9.17, 15) is 4.79 Å². The van der Waals surface area contributed by atoms with Gasteiger partial charge in [-0.25, -0.2) is 0 Å². The number of fused-ring (bicyclic) bond motifs is 1. The highest BCUT2D eigenvalue weighted by Gasteiger charge is 2.17. The van der Waals surface area contributed by atoms with E-state index < -0.39 is 0 Å². The number of carbonyl (C=O) groups is 1. The number of hydrogen-bond donors (Lipinski definition) is 1. The predicted molar refractivity (Wildman–Crippen MR) is 107 cm³/mol. The lowest BCUT2D eigenvalue weighted by atomic mass is 10.1. The Bertz CT molecular complexity index is 952. The van der Waals surface area contributed by atoms with Gasteiger partial charge in [-0.15, -0.1) is 0 Å². The van der Waals surface area contributed by atoms with Crippen LogP contribution in [0, 0.1) is 0 Å². The fourth-order valence-electron chi connectivity index (χ4n) is 3.02. The lowest BCUT2D eigenvalue weighted by Gasteiger charge is -2.34. The summed E-state index contributed by atoms with van der Waals surface area (Å²) in [7, 11) is 2.12. The molecule has 1 saturated heterocycles. The molecule has 1 aromatic heterocycles. The molecule has 26 heavy (non-hydrogen) atoms. The van der Waals surface area contributed by atoms with E-state index in [1.165, 1.54) is 0 Å². The van der Waals surface area contributed by atoms with E-state index in [4.69, 9.17) is 11.6 Å². The van der Waals surface area contributed by atoms with E-state index in [1.807, 2.05) is 12.1 Å². The van der Waals surface area contributed by atoms with Crippen molar-refractivity contribution in [3.05, 3.63) is 47.0 Å². The number of nitrogens with zero attached hydrogens (tertiary/aromatic N) is 4. The minimum Gasteiger partial charge on any atom is -0.368 e. The van der Waals surface area contributed by atoms with Gasteiger partial charge in [0.2, 0.25) is 0 Å². The Morgan fingerprint density at radius 3 is 2.62 bits per heavy atom. The van der Waals surface area contributed by atoms with Crippen LogP contribution < -0.4 is 10.2 Å². The Morgan fingerprint density at radius 1 is 1.08 bits per heavy atom. The number of halogens is 1. The monoisotopic (exact) mass is 387 g/mol. The first-order valence-corrected chi connectivity index (χ1v) is 9.48. The van der Waals surface area contributed by atoms with Crippen molar-refractivity contribution in [1.29, 1.82) is 0 Å². The fraction of sp³-hybridized carbons (Fsp3) is 0.278. The number of aromatic nitrogens is 2. The van der Waals surface area contributed by atoms with Crippen molar-refractivity contribution in [1.82, 2.24) is 13.6 Å². The van der Waals surface area contributed by atoms with Gasteiger partial charge < -0.3 is 15.1 Å². The van der Waals surface area contributed by atoms with E-state index >= 15 is 0 Å². The highest BCUT2D eigenvalue weighted by atomic mass is 35.5. The van der Waals surface area contributed by atoms with Crippen LogP contribution in [-0.4, -0.2) is 52.8 Å². The zero-order valence-corrected chi connectivity index (χ0v) is 15.8. The lowest BCUT2D eigenvalue weighted by molar-refractivity contribution is 0.102. The molecule has 8 heteroatoms. The molecule has 1 amide bonds. The molecule has 1 N–H and O–H groups in total. The summed E-state index contributed by atoms with van der Waals surface area (Å²) in [6, 6.07) is 11.0. The average molecular weight is 388 g/mol. The first-order chi connectivity index (χ1) is 12.6. The topological polar surface area (TPSA) is 61.4 Å². The zero-order valence-electron chi connectivity index (χ0n) is 14.3. The molecular weight excluding hydrogens is 370 g/mol. The minimum absolute atomic E-state index is 0.191. The van der Waals surface area contributed by atoms with Gasteiger partial charge in [0.1, 0.15) is 11.0 Å². The third kappa shape index (κ3) is 3.51. The number of piperazine rings is 1. The van der Waals surface area contributed by atoms with Gasteiger partial charge in [0.05, 0.1) is 22.4 Å². The number of amides is 1. The van der Waals surface area contributed by atoms with Gasteiger partial charge in [0.25, 0.3) is 5.91 Å². The molecule has 0 aliphatic carbocycles. The smallest absolute Gasteiger partial charge is 0.255 e. The Hall–Kier alpha value is -2.22. The first-order valence-electron chi connectivity index (χ1n) is 8.37. The summed E-state index contributed by atoms with van der Waals surface area (Å²) in [6.45, 7) is 3.93. The molecular formula is C18H18ClN5OS. The van der Waals surface area contributed by atoms with Gasteiger partial charge in [-0.2, -0.15) is 8.75 Å². The van der Waals surface area contributed by atoms with Crippen molar-refractivity contribution in [3.8, 4) is 0 Å². The van der Waals surface area contributed by atoms with Crippen LogP contribution in [0.1, 0.15) is 10.4 Å². The molecule has 1 fully saturated rings. The molecule has 4 rings (SSSR count). The lowest BCUT2D eigenvalue weighted by Crippen LogP contribution is -2.44. The maximum Gasteiger partial charge on any atom is 0.255 e. The van der Waals surface area contributed by atoms with E-state index in [0.29, 0.717) is 16.3 Å². The van der Waals surface area contributed by atoms with Crippen molar-refractivity contribution < 1.29 is 4.79 Å². The molecule has 6 nitrogen and oxygen atoms in total. The van der Waals surface area contributed by atoms with Crippen LogP contribution in [0.25, 0.3) is 11.0 Å². The molecule has 2 heterocycles. The number of carbonyl (C=O) groups excluding carboxylic acids is 1. The molecule has 134 valence electrons. The van der Waals surface area contributed by atoms with Gasteiger partial charge in [-0.3, -0.25) is 4.79 Å². The summed E-state index contributed by atoms with van der Waals surface area (Å²) >= 11 is 7.61. The van der Waals surface area contributed by atoms with Crippen LogP contribution in [0.15, 0.2) is 36.4 Å². The van der Waals surface area contributed by atoms with Crippen molar-refractivity contribution in [2.24, 2.45) is 0 Å². The molecule has 3 aromatic rings. The summed E-state index contributed by atoms with van der Waals surface area (Å²) in [5, 5.41) is 3.54. The number of likely N-dealkylation sites (N-methyl/N-ethyl adjacent to an activating group) is 1. The zero-order chi connectivity index (χ0) is 18.1. The first kappa shape index (κ1) is 17.2. The van der Waals surface area contributed by atoms with Gasteiger partial charge >= 0.3 is 0 Å². The van der Waals surface area contributed by atoms with Crippen molar-refractivity contribution in [2.45, 2.75) is 0 Å². The van der Waals surface area contributed by atoms with Crippen molar-refractivity contribution in [3.63, 3.8) is 0 Å². The fourth-order valence-corrected chi connectivity index (χ4v) is 3.83. The van der Waals surface area contributed by atoms with Gasteiger partial charge in [-0.1, -0.05) is 11.6 Å². The normalized spacial score (nSPS) is 15.4. The maximum atomic E-state index is 12.5. The molecule has 0 bridgehead atoms. The van der Waals surface area contributed by atoms with Gasteiger partial charge in [0, 0.05) is 37.4 Å². The van der Waals surface area contributed by atoms with Crippen LogP contribution in [-0.2, 0) is 0 Å². The van der Waals surface area contributed by atoms with Gasteiger partial charge in [-0.05, 0) is 43.4 Å². The number of benzene rings is 2. The third-order valence-electron chi connectivity index (χ3n) is 4.57. The SMILES string of the molecule is CN1CCN(c2ccc(NC(=O)c3ccc4nsnc4c3)cc2Cl)CC1. The van der Waals surface area contributed by atoms with Crippen LogP contribution in [0.5, 0.6) is 0 Å². The van der Waals surface area contributed by atoms with Crippen molar-refractivity contribution in [2.75, 3.05) is 43.4 Å². The second kappa shape index (κ2) is 7.19. The molecule has 1 aliphatic heterocycles. The second-order valence-corrected chi connectivity index (χ2v) is 7.31. The molecule has 0 spiro atoms. The molecule has 0 radical (unpaired) electrons. The third-order valence-corrected chi connectivity index (χ3v) is 5.42. The summed E-state index contributed by atoms with van der Waals surface area (Å²) in [5.74, 6) is -0.191. The van der Waals surface area contributed by atoms with E-state index in [2.05, 4.69) is 30.9 Å². The summed E-state index contributed by atoms with van der Waals surface area (Å²) in [6.07, 6.45) is 0. The molecule has 0 atom stereocenters. The Kier molecular flexibility index (Phi) is 4.76. The Labute approximate surface area is 160 Å². The van der Waals surface area contributed by atoms with E-state index in [0.717, 1.165) is 54.6 Å². The minimum atomic E-state index is -0.191. The second-order valence-electron chi connectivity index (χ2n) is 6.38. The van der Waals surface area contributed by atoms with Crippen LogP contribution in [0.4, 0.5) is 11.4 Å². The van der Waals surface area contributed by atoms with E-state index in [1.54, 1.807) is 24.3 Å². The standard InChI is InChI=1S/C18H18ClN5OS/c1-23-6-8-24(9-7-23)17-5-3-13(11-14(17)19)20-18(25)12-2-4-15-16(10-12)22-26-21-15/h2-5,10-11H,6-9H2,1H3,(H,20,25). The van der Waals surface area contributed by atoms with Crippen LogP contribution in [0.3, 0.4) is 0 Å². The quantitative estimate of drug-likeness (QED) is 0.746. The van der Waals surface area contributed by atoms with Crippen LogP contribution in [0.2, 0.25) is 5.02 Å². The largest absolute Gasteiger partial charge is 0.368 e. The molecule has 0 unspecified atom stereocenters. The molecule has 1 aliphatic rings. The summed E-state index contributed by atoms with van der Waals surface area (Å²) in [4.78, 5) is 17.1. The van der Waals surface area contributed by atoms with Crippen molar-refractivity contribution >= 4 is 51.6 Å². The number of rotatable bonds is 3. The Balaban J connectivity index is 1.49. The molecule has 0 saturated carbocycles. The predicted octanol–water partition coefficient (Wildman–Crippen LogP) is 3.35.